The van der Waals surface area contributed by atoms with Crippen molar-refractivity contribution in [1.29, 1.82) is 0 Å². The second-order valence-corrected chi connectivity index (χ2v) is 8.02. The lowest BCUT2D eigenvalue weighted by molar-refractivity contribution is 0.114. The lowest BCUT2D eigenvalue weighted by Gasteiger charge is -2.21. The Morgan fingerprint density at radius 2 is 1.88 bits per heavy atom. The maximum absolute atomic E-state index is 10.2. The smallest absolute Gasteiger partial charge is 0.120 e. The zero-order chi connectivity index (χ0) is 19.2. The second-order valence-electron chi connectivity index (χ2n) is 7.58. The molecule has 2 rings (SSSR count). The Morgan fingerprint density at radius 3 is 2.58 bits per heavy atom. The Labute approximate surface area is 161 Å². The van der Waals surface area contributed by atoms with Crippen molar-refractivity contribution in [2.24, 2.45) is 5.73 Å². The normalized spacial score (nSPS) is 14.1. The molecule has 0 aliphatic rings. The summed E-state index contributed by atoms with van der Waals surface area (Å²) < 4.78 is 5.59. The molecular weight excluding hydrogens is 348 g/mol. The molecule has 26 heavy (non-hydrogen) atoms. The Kier molecular flexibility index (Phi) is 7.47. The minimum absolute atomic E-state index is 0.121. The van der Waals surface area contributed by atoms with Gasteiger partial charge in [-0.1, -0.05) is 62.7 Å². The van der Waals surface area contributed by atoms with E-state index in [-0.39, 0.29) is 12.0 Å². The van der Waals surface area contributed by atoms with Gasteiger partial charge in [-0.3, -0.25) is 0 Å². The topological polar surface area (TPSA) is 67.5 Å². The third kappa shape index (κ3) is 6.61. The van der Waals surface area contributed by atoms with Crippen LogP contribution < -0.4 is 15.8 Å². The number of benzene rings is 2. The molecule has 0 saturated heterocycles. The van der Waals surface area contributed by atoms with Crippen LogP contribution in [0.4, 0.5) is 0 Å². The predicted molar refractivity (Wildman–Crippen MR) is 108 cm³/mol. The zero-order valence-electron chi connectivity index (χ0n) is 15.7. The average molecular weight is 377 g/mol. The first kappa shape index (κ1) is 20.7. The van der Waals surface area contributed by atoms with Gasteiger partial charge >= 0.3 is 0 Å². The highest BCUT2D eigenvalue weighted by Crippen LogP contribution is 2.22. The Bertz CT molecular complexity index is 700. The molecule has 0 amide bonds. The van der Waals surface area contributed by atoms with Crippen molar-refractivity contribution in [3.63, 3.8) is 0 Å². The van der Waals surface area contributed by atoms with Gasteiger partial charge in [0.05, 0.1) is 12.1 Å². The molecule has 5 heteroatoms. The molecule has 0 bridgehead atoms. The Morgan fingerprint density at radius 1 is 1.15 bits per heavy atom. The van der Waals surface area contributed by atoms with Crippen molar-refractivity contribution in [3.8, 4) is 5.75 Å². The molecule has 0 radical (unpaired) electrons. The molecule has 4 N–H and O–H groups in total. The molecule has 0 unspecified atom stereocenters. The fraction of sp³-hybridized carbons (Fsp3) is 0.429. The standard InChI is InChI=1S/C21H29ClN2O2/c1-21(2,3)16-7-4-6-15(10-16)12-24-13-20(25)19(23)14-26-18-9-5-8-17(22)11-18/h4-11,19-20,24-25H,12-14,23H2,1-3H3/t19-,20+/m0/s1. The summed E-state index contributed by atoms with van der Waals surface area (Å²) in [5, 5.41) is 14.1. The Hall–Kier alpha value is -1.59. The van der Waals surface area contributed by atoms with E-state index in [0.29, 0.717) is 23.9 Å². The monoisotopic (exact) mass is 376 g/mol. The average Bonchev–Trinajstić information content (AvgIpc) is 2.59. The van der Waals surface area contributed by atoms with Gasteiger partial charge in [0.15, 0.2) is 0 Å². The highest BCUT2D eigenvalue weighted by molar-refractivity contribution is 6.30. The van der Waals surface area contributed by atoms with Gasteiger partial charge in [0, 0.05) is 18.1 Å². The fourth-order valence-corrected chi connectivity index (χ4v) is 2.70. The summed E-state index contributed by atoms with van der Waals surface area (Å²) >= 11 is 5.92. The van der Waals surface area contributed by atoms with E-state index in [1.165, 1.54) is 11.1 Å². The van der Waals surface area contributed by atoms with Gasteiger partial charge in [-0.2, -0.15) is 0 Å². The Balaban J connectivity index is 1.76. The number of halogens is 1. The van der Waals surface area contributed by atoms with Crippen LogP contribution >= 0.6 is 11.6 Å². The summed E-state index contributed by atoms with van der Waals surface area (Å²) in [6.07, 6.45) is -0.694. The van der Waals surface area contributed by atoms with Crippen LogP contribution in [0.25, 0.3) is 0 Å². The van der Waals surface area contributed by atoms with E-state index in [4.69, 9.17) is 22.1 Å². The molecule has 0 heterocycles. The first-order valence-corrected chi connectivity index (χ1v) is 9.25. The molecule has 0 aliphatic heterocycles. The van der Waals surface area contributed by atoms with Crippen molar-refractivity contribution in [2.45, 2.75) is 44.9 Å². The van der Waals surface area contributed by atoms with Crippen LogP contribution in [0.2, 0.25) is 5.02 Å². The molecule has 142 valence electrons. The molecule has 0 saturated carbocycles. The molecule has 0 aromatic heterocycles. The van der Waals surface area contributed by atoms with E-state index >= 15 is 0 Å². The SMILES string of the molecule is CC(C)(C)c1cccc(CNC[C@@H](O)[C@@H](N)COc2cccc(Cl)c2)c1. The highest BCUT2D eigenvalue weighted by atomic mass is 35.5. The molecule has 0 fully saturated rings. The third-order valence-electron chi connectivity index (χ3n) is 4.21. The van der Waals surface area contributed by atoms with E-state index in [2.05, 4.69) is 50.4 Å². The minimum atomic E-state index is -0.694. The highest BCUT2D eigenvalue weighted by Gasteiger charge is 2.16. The number of nitrogens with one attached hydrogen (secondary N) is 1. The number of hydrogen-bond donors (Lipinski definition) is 3. The molecule has 0 spiro atoms. The molecular formula is C21H29ClN2O2. The van der Waals surface area contributed by atoms with Gasteiger partial charge in [-0.25, -0.2) is 0 Å². The quantitative estimate of drug-likeness (QED) is 0.659. The first-order valence-electron chi connectivity index (χ1n) is 8.88. The van der Waals surface area contributed by atoms with Crippen molar-refractivity contribution in [2.75, 3.05) is 13.2 Å². The van der Waals surface area contributed by atoms with Crippen molar-refractivity contribution in [3.05, 3.63) is 64.7 Å². The van der Waals surface area contributed by atoms with Crippen LogP contribution in [-0.4, -0.2) is 30.4 Å². The maximum Gasteiger partial charge on any atom is 0.120 e. The maximum atomic E-state index is 10.2. The van der Waals surface area contributed by atoms with E-state index < -0.39 is 12.1 Å². The first-order chi connectivity index (χ1) is 12.3. The lowest BCUT2D eigenvalue weighted by Crippen LogP contribution is -2.45. The van der Waals surface area contributed by atoms with Gasteiger partial charge in [0.1, 0.15) is 12.4 Å². The molecule has 4 nitrogen and oxygen atoms in total. The summed E-state index contributed by atoms with van der Waals surface area (Å²) in [6.45, 7) is 7.90. The molecule has 0 aliphatic carbocycles. The number of nitrogens with two attached hydrogens (primary N) is 1. The second kappa shape index (κ2) is 9.38. The predicted octanol–water partition coefficient (Wildman–Crippen LogP) is 3.49. The fourth-order valence-electron chi connectivity index (χ4n) is 2.52. The number of rotatable bonds is 8. The summed E-state index contributed by atoms with van der Waals surface area (Å²) in [5.41, 5.74) is 8.62. The van der Waals surface area contributed by atoms with Crippen LogP contribution in [0.15, 0.2) is 48.5 Å². The lowest BCUT2D eigenvalue weighted by atomic mass is 9.86. The number of aliphatic hydroxyl groups excluding tert-OH is 1. The van der Waals surface area contributed by atoms with Gasteiger partial charge in [0.2, 0.25) is 0 Å². The van der Waals surface area contributed by atoms with Crippen molar-refractivity contribution >= 4 is 11.6 Å². The van der Waals surface area contributed by atoms with E-state index in [0.717, 1.165) is 0 Å². The number of ether oxygens (including phenoxy) is 1. The number of aliphatic hydroxyl groups is 1. The van der Waals surface area contributed by atoms with Crippen LogP contribution in [0.5, 0.6) is 5.75 Å². The van der Waals surface area contributed by atoms with Crippen LogP contribution in [0, 0.1) is 0 Å². The minimum Gasteiger partial charge on any atom is -0.492 e. The third-order valence-corrected chi connectivity index (χ3v) is 4.44. The van der Waals surface area contributed by atoms with Gasteiger partial charge in [-0.05, 0) is 34.7 Å². The van der Waals surface area contributed by atoms with Gasteiger partial charge in [0.25, 0.3) is 0 Å². The van der Waals surface area contributed by atoms with E-state index in [1.807, 2.05) is 12.1 Å². The van der Waals surface area contributed by atoms with Crippen molar-refractivity contribution in [1.82, 2.24) is 5.32 Å². The van der Waals surface area contributed by atoms with Crippen LogP contribution in [0.3, 0.4) is 0 Å². The van der Waals surface area contributed by atoms with Crippen LogP contribution in [-0.2, 0) is 12.0 Å². The summed E-state index contributed by atoms with van der Waals surface area (Å²) in [5.74, 6) is 0.645. The van der Waals surface area contributed by atoms with Gasteiger partial charge in [-0.15, -0.1) is 0 Å². The molecule has 2 atom stereocenters. The molecule has 2 aromatic rings. The summed E-state index contributed by atoms with van der Waals surface area (Å²) in [7, 11) is 0. The van der Waals surface area contributed by atoms with E-state index in [9.17, 15) is 5.11 Å². The largest absolute Gasteiger partial charge is 0.492 e. The molecule has 2 aromatic carbocycles. The number of hydrogen-bond acceptors (Lipinski definition) is 4. The van der Waals surface area contributed by atoms with Crippen LogP contribution in [0.1, 0.15) is 31.9 Å². The summed E-state index contributed by atoms with van der Waals surface area (Å²) in [4.78, 5) is 0. The van der Waals surface area contributed by atoms with E-state index in [1.54, 1.807) is 12.1 Å². The van der Waals surface area contributed by atoms with Gasteiger partial charge < -0.3 is 20.9 Å². The zero-order valence-corrected chi connectivity index (χ0v) is 16.5. The van der Waals surface area contributed by atoms with Crippen molar-refractivity contribution < 1.29 is 9.84 Å². The summed E-state index contributed by atoms with van der Waals surface area (Å²) in [6, 6.07) is 15.1.